The van der Waals surface area contributed by atoms with E-state index in [1.54, 1.807) is 35.5 Å². The maximum Gasteiger partial charge on any atom is 0.170 e. The summed E-state index contributed by atoms with van der Waals surface area (Å²) in [6.07, 6.45) is 3.84. The highest BCUT2D eigenvalue weighted by Gasteiger charge is 2.24. The van der Waals surface area contributed by atoms with Gasteiger partial charge in [0.25, 0.3) is 0 Å². The SMILES string of the molecule is COc1cc(-c2ccc([Si](C)(C)C)[nH]2)[nH]c1C=O.COc1cc(-c2ccc([Si](C)(C)C)[nH]2)[nH]c1C=O.COc1cc(-c2ccc([Si](C)(C)C)[nH]2)[nH]c1C=O.COc1cc(-c2ccc([Si](C)(C)C)[nH]2)[nH]c1C=O.COc1cc(-c2ccc([Si](C)(C)C)[nH]2)[nH]c1C=O. The van der Waals surface area contributed by atoms with Gasteiger partial charge in [-0.2, -0.15) is 0 Å². The zero-order valence-electron chi connectivity index (χ0n) is 55.6. The Bertz CT molecular complexity index is 3410. The highest BCUT2D eigenvalue weighted by Crippen LogP contribution is 2.30. The Morgan fingerprint density at radius 1 is 0.233 bits per heavy atom. The van der Waals surface area contributed by atoms with Gasteiger partial charge in [-0.15, -0.1) is 0 Å². The van der Waals surface area contributed by atoms with Gasteiger partial charge in [0, 0.05) is 30.3 Å². The number of carbonyl (C=O) groups is 5. The number of methoxy groups -OCH3 is 5. The Hall–Kier alpha value is -8.77. The lowest BCUT2D eigenvalue weighted by Crippen LogP contribution is -2.38. The van der Waals surface area contributed by atoms with Crippen molar-refractivity contribution in [2.24, 2.45) is 0 Å². The molecule has 0 radical (unpaired) electrons. The molecule has 0 bridgehead atoms. The maximum atomic E-state index is 10.9. The third-order valence-corrected chi connectivity index (χ3v) is 24.2. The molecule has 90 heavy (non-hydrogen) atoms. The molecular formula is C65H90N10O10Si5. The third-order valence-electron chi connectivity index (χ3n) is 14.7. The number of rotatable bonds is 20. The summed E-state index contributed by atoms with van der Waals surface area (Å²) in [6.45, 7) is 34.3. The van der Waals surface area contributed by atoms with Crippen molar-refractivity contribution in [2.45, 2.75) is 98.2 Å². The molecule has 0 unspecified atom stereocenters. The molecule has 10 rings (SSSR count). The summed E-state index contributed by atoms with van der Waals surface area (Å²) in [4.78, 5) is 86.8. The molecule has 10 heterocycles. The zero-order chi connectivity index (χ0) is 66.7. The number of aldehydes is 5. The first-order chi connectivity index (χ1) is 42.3. The summed E-state index contributed by atoms with van der Waals surface area (Å²) in [5.41, 5.74) is 11.6. The molecule has 20 nitrogen and oxygen atoms in total. The standard InChI is InChI=1S/5C13H18N2O2Si/c5*1-17-12-7-10(14-11(12)8-16)9-5-6-13(15-9)18(2,3)4/h5*5-8,14-15H,1-4H3. The van der Waals surface area contributed by atoms with Crippen molar-refractivity contribution < 1.29 is 47.7 Å². The van der Waals surface area contributed by atoms with Crippen molar-refractivity contribution in [3.8, 4) is 85.7 Å². The number of hydrogen-bond donors (Lipinski definition) is 10. The minimum atomic E-state index is -1.34. The van der Waals surface area contributed by atoms with Gasteiger partial charge in [0.05, 0.1) is 133 Å². The van der Waals surface area contributed by atoms with Crippen LogP contribution in [-0.4, -0.2) is 157 Å². The van der Waals surface area contributed by atoms with Crippen LogP contribution in [0.3, 0.4) is 0 Å². The van der Waals surface area contributed by atoms with E-state index in [0.717, 1.165) is 88.4 Å². The Labute approximate surface area is 531 Å². The molecule has 0 aliphatic carbocycles. The highest BCUT2D eigenvalue weighted by atomic mass is 28.3. The second-order valence-corrected chi connectivity index (χ2v) is 51.8. The lowest BCUT2D eigenvalue weighted by atomic mass is 10.3. The van der Waals surface area contributed by atoms with Gasteiger partial charge in [0.15, 0.2) is 31.4 Å². The van der Waals surface area contributed by atoms with E-state index in [1.807, 2.05) is 60.7 Å². The smallest absolute Gasteiger partial charge is 0.170 e. The predicted molar refractivity (Wildman–Crippen MR) is 377 cm³/mol. The minimum Gasteiger partial charge on any atom is -0.494 e. The van der Waals surface area contributed by atoms with Gasteiger partial charge in [-0.1, -0.05) is 98.2 Å². The van der Waals surface area contributed by atoms with Crippen LogP contribution in [0.2, 0.25) is 98.2 Å². The Kier molecular flexibility index (Phi) is 22.9. The lowest BCUT2D eigenvalue weighted by Gasteiger charge is -2.13. The van der Waals surface area contributed by atoms with Gasteiger partial charge in [0.2, 0.25) is 0 Å². The summed E-state index contributed by atoms with van der Waals surface area (Å²) >= 11 is 0. The summed E-state index contributed by atoms with van der Waals surface area (Å²) in [5.74, 6) is 2.87. The van der Waals surface area contributed by atoms with Crippen molar-refractivity contribution in [3.05, 3.63) is 119 Å². The fourth-order valence-electron chi connectivity index (χ4n) is 9.21. The van der Waals surface area contributed by atoms with Gasteiger partial charge in [-0.25, -0.2) is 0 Å². The van der Waals surface area contributed by atoms with Gasteiger partial charge in [-0.3, -0.25) is 24.0 Å². The molecule has 0 aromatic carbocycles. The number of ether oxygens (including phenoxy) is 5. The monoisotopic (exact) mass is 1310 g/mol. The van der Waals surface area contributed by atoms with Crippen molar-refractivity contribution in [2.75, 3.05) is 35.5 Å². The first kappa shape index (κ1) is 70.3. The van der Waals surface area contributed by atoms with E-state index in [0.29, 0.717) is 57.2 Å². The number of hydrogen-bond acceptors (Lipinski definition) is 10. The fraction of sp³-hybridized carbons (Fsp3) is 0.308. The second-order valence-electron chi connectivity index (χ2n) is 26.6. The zero-order valence-corrected chi connectivity index (χ0v) is 60.6. The topological polar surface area (TPSA) is 289 Å². The summed E-state index contributed by atoms with van der Waals surface area (Å²) in [6, 6.07) is 30.0. The highest BCUT2D eigenvalue weighted by molar-refractivity contribution is 6.89. The first-order valence-corrected chi connectivity index (χ1v) is 46.9. The van der Waals surface area contributed by atoms with Crippen molar-refractivity contribution in [1.29, 1.82) is 0 Å². The molecule has 0 fully saturated rings. The van der Waals surface area contributed by atoms with E-state index in [-0.39, 0.29) is 0 Å². The Morgan fingerprint density at radius 3 is 0.467 bits per heavy atom. The molecule has 10 N–H and O–H groups in total. The summed E-state index contributed by atoms with van der Waals surface area (Å²) in [5, 5.41) is 6.45. The molecule has 0 atom stereocenters. The number of aromatic nitrogens is 10. The van der Waals surface area contributed by atoms with Crippen LogP contribution in [0.1, 0.15) is 52.4 Å². The normalized spacial score (nSPS) is 11.6. The van der Waals surface area contributed by atoms with Crippen LogP contribution in [0, 0.1) is 0 Å². The number of carbonyl (C=O) groups excluding carboxylic acids is 5. The van der Waals surface area contributed by atoms with E-state index in [4.69, 9.17) is 23.7 Å². The first-order valence-electron chi connectivity index (χ1n) is 29.4. The molecule has 10 aromatic heterocycles. The van der Waals surface area contributed by atoms with Gasteiger partial charge in [-0.05, 0) is 87.2 Å². The molecule has 0 spiro atoms. The molecule has 25 heteroatoms. The van der Waals surface area contributed by atoms with Gasteiger partial charge >= 0.3 is 0 Å². The number of nitrogens with one attached hydrogen (secondary N) is 10. The van der Waals surface area contributed by atoms with Crippen LogP contribution in [0.25, 0.3) is 56.9 Å². The maximum absolute atomic E-state index is 10.9. The summed E-state index contributed by atoms with van der Waals surface area (Å²) in [7, 11) is 1.09. The molecule has 0 amide bonds. The molecule has 0 saturated heterocycles. The molecule has 0 aliphatic rings. The molecule has 10 aromatic rings. The lowest BCUT2D eigenvalue weighted by molar-refractivity contribution is 0.110. The molecule has 480 valence electrons. The Morgan fingerprint density at radius 2 is 0.378 bits per heavy atom. The van der Waals surface area contributed by atoms with Crippen molar-refractivity contribution >= 4 is 98.4 Å². The van der Waals surface area contributed by atoms with Crippen LogP contribution in [0.15, 0.2) is 91.0 Å². The molecular weight excluding hydrogens is 1220 g/mol. The van der Waals surface area contributed by atoms with Crippen LogP contribution in [0.5, 0.6) is 28.7 Å². The summed E-state index contributed by atoms with van der Waals surface area (Å²) < 4.78 is 25.7. The minimum absolute atomic E-state index is 0.469. The van der Waals surface area contributed by atoms with Crippen LogP contribution >= 0.6 is 0 Å². The van der Waals surface area contributed by atoms with Gasteiger partial charge in [0.1, 0.15) is 57.2 Å². The second kappa shape index (κ2) is 29.2. The van der Waals surface area contributed by atoms with E-state index in [2.05, 4.69) is 178 Å². The molecule has 0 aliphatic heterocycles. The quantitative estimate of drug-likeness (QED) is 0.0254. The van der Waals surface area contributed by atoms with Crippen LogP contribution in [-0.2, 0) is 0 Å². The van der Waals surface area contributed by atoms with Crippen LogP contribution in [0.4, 0.5) is 0 Å². The average Bonchev–Trinajstić information content (AvgIpc) is 1.77. The fourth-order valence-corrected chi connectivity index (χ4v) is 14.7. The number of H-pyrrole nitrogens is 10. The van der Waals surface area contributed by atoms with E-state index in [1.165, 1.54) is 26.6 Å². The van der Waals surface area contributed by atoms with Crippen molar-refractivity contribution in [1.82, 2.24) is 49.8 Å². The third kappa shape index (κ3) is 17.5. The van der Waals surface area contributed by atoms with Crippen LogP contribution < -0.4 is 50.3 Å². The Balaban J connectivity index is 0.000000179. The largest absolute Gasteiger partial charge is 0.494 e. The van der Waals surface area contributed by atoms with Gasteiger partial charge < -0.3 is 73.5 Å². The predicted octanol–water partition coefficient (Wildman–Crippen LogP) is 11.9. The van der Waals surface area contributed by atoms with E-state index < -0.39 is 40.4 Å². The molecule has 0 saturated carbocycles. The van der Waals surface area contributed by atoms with E-state index in [9.17, 15) is 24.0 Å². The average molecular weight is 1310 g/mol. The van der Waals surface area contributed by atoms with E-state index >= 15 is 0 Å². The number of aromatic amines is 10. The van der Waals surface area contributed by atoms with Crippen molar-refractivity contribution in [3.63, 3.8) is 0 Å².